The quantitative estimate of drug-likeness (QED) is 0.521. The molecule has 3 rings (SSSR count). The summed E-state index contributed by atoms with van der Waals surface area (Å²) in [5.41, 5.74) is 3.64. The van der Waals surface area contributed by atoms with E-state index in [0.717, 1.165) is 23.5 Å². The summed E-state index contributed by atoms with van der Waals surface area (Å²) in [6.07, 6.45) is -2.72. The van der Waals surface area contributed by atoms with Gasteiger partial charge in [0.15, 0.2) is 11.5 Å². The third-order valence-corrected chi connectivity index (χ3v) is 5.20. The fraction of sp³-hybridized carbons (Fsp3) is 0.409. The Balaban J connectivity index is 2.02. The summed E-state index contributed by atoms with van der Waals surface area (Å²) in [7, 11) is 4.84. The number of halogens is 2. The van der Waals surface area contributed by atoms with Crippen LogP contribution in [0.5, 0.6) is 11.5 Å². The zero-order valence-corrected chi connectivity index (χ0v) is 18.6. The Labute approximate surface area is 180 Å². The number of aromatic nitrogens is 4. The second-order valence-corrected chi connectivity index (χ2v) is 7.17. The largest absolute Gasteiger partial charge is 0.493 e. The molecule has 7 nitrogen and oxygen atoms in total. The Hall–Kier alpha value is -3.23. The standard InChI is InChI=1S/C22H27F2N5O2/c1-7-29-14(3)16(13(2)27-29)12-28(4)22-25-17(11-18(26-22)21(23)24)15-8-9-19(30-5)20(10-15)31-6/h8-11,21H,7,12H2,1-6H3. The highest BCUT2D eigenvalue weighted by Crippen LogP contribution is 2.33. The van der Waals surface area contributed by atoms with Gasteiger partial charge in [-0.1, -0.05) is 0 Å². The number of anilines is 1. The first-order chi connectivity index (χ1) is 14.8. The molecule has 1 aromatic carbocycles. The van der Waals surface area contributed by atoms with E-state index in [0.29, 0.717) is 29.3 Å². The first-order valence-electron chi connectivity index (χ1n) is 9.92. The number of aryl methyl sites for hydroxylation is 2. The normalized spacial score (nSPS) is 11.1. The number of rotatable bonds is 8. The lowest BCUT2D eigenvalue weighted by molar-refractivity contribution is 0.146. The predicted molar refractivity (Wildman–Crippen MR) is 115 cm³/mol. The van der Waals surface area contributed by atoms with Crippen molar-refractivity contribution in [3.8, 4) is 22.8 Å². The van der Waals surface area contributed by atoms with Crippen LogP contribution in [0.4, 0.5) is 14.7 Å². The van der Waals surface area contributed by atoms with Gasteiger partial charge in [-0.15, -0.1) is 0 Å². The van der Waals surface area contributed by atoms with Crippen LogP contribution >= 0.6 is 0 Å². The minimum absolute atomic E-state index is 0.214. The van der Waals surface area contributed by atoms with Gasteiger partial charge >= 0.3 is 0 Å². The van der Waals surface area contributed by atoms with Crippen molar-refractivity contribution >= 4 is 5.95 Å². The molecule has 0 aliphatic rings. The van der Waals surface area contributed by atoms with E-state index >= 15 is 0 Å². The van der Waals surface area contributed by atoms with Crippen LogP contribution in [0.15, 0.2) is 24.3 Å². The number of methoxy groups -OCH3 is 2. The van der Waals surface area contributed by atoms with E-state index in [-0.39, 0.29) is 11.6 Å². The highest BCUT2D eigenvalue weighted by atomic mass is 19.3. The lowest BCUT2D eigenvalue weighted by Crippen LogP contribution is -2.21. The van der Waals surface area contributed by atoms with Crippen LogP contribution in [0.1, 0.15) is 36.0 Å². The Bertz CT molecular complexity index is 1070. The fourth-order valence-electron chi connectivity index (χ4n) is 3.46. The monoisotopic (exact) mass is 431 g/mol. The third kappa shape index (κ3) is 4.60. The molecule has 0 spiro atoms. The Morgan fingerprint density at radius 1 is 1.06 bits per heavy atom. The van der Waals surface area contributed by atoms with Gasteiger partial charge in [-0.25, -0.2) is 18.7 Å². The molecule has 166 valence electrons. The van der Waals surface area contributed by atoms with E-state index in [1.54, 1.807) is 30.1 Å². The first-order valence-corrected chi connectivity index (χ1v) is 9.92. The van der Waals surface area contributed by atoms with Crippen molar-refractivity contribution < 1.29 is 18.3 Å². The van der Waals surface area contributed by atoms with Crippen LogP contribution in [0.3, 0.4) is 0 Å². The molecule has 0 saturated carbocycles. The maximum absolute atomic E-state index is 13.6. The van der Waals surface area contributed by atoms with Crippen molar-refractivity contribution in [1.82, 2.24) is 19.7 Å². The summed E-state index contributed by atoms with van der Waals surface area (Å²) in [6.45, 7) is 7.18. The van der Waals surface area contributed by atoms with Gasteiger partial charge in [-0.3, -0.25) is 4.68 Å². The van der Waals surface area contributed by atoms with Crippen LogP contribution in [-0.2, 0) is 13.1 Å². The van der Waals surface area contributed by atoms with Crippen molar-refractivity contribution in [2.45, 2.75) is 40.3 Å². The molecule has 31 heavy (non-hydrogen) atoms. The minimum atomic E-state index is -2.72. The SMILES string of the molecule is CCn1nc(C)c(CN(C)c2nc(-c3ccc(OC)c(OC)c3)cc(C(F)F)n2)c1C. The number of alkyl halides is 2. The van der Waals surface area contributed by atoms with E-state index in [2.05, 4.69) is 15.1 Å². The fourth-order valence-corrected chi connectivity index (χ4v) is 3.46. The minimum Gasteiger partial charge on any atom is -0.493 e. The average molecular weight is 431 g/mol. The summed E-state index contributed by atoms with van der Waals surface area (Å²) in [4.78, 5) is 10.4. The van der Waals surface area contributed by atoms with Crippen LogP contribution in [-0.4, -0.2) is 41.0 Å². The molecular formula is C22H27F2N5O2. The summed E-state index contributed by atoms with van der Waals surface area (Å²) >= 11 is 0. The summed E-state index contributed by atoms with van der Waals surface area (Å²) in [5.74, 6) is 1.25. The van der Waals surface area contributed by atoms with Gasteiger partial charge in [0.2, 0.25) is 5.95 Å². The Morgan fingerprint density at radius 3 is 2.35 bits per heavy atom. The predicted octanol–water partition coefficient (Wildman–Crippen LogP) is 4.57. The van der Waals surface area contributed by atoms with Crippen molar-refractivity contribution in [3.63, 3.8) is 0 Å². The molecule has 2 aromatic heterocycles. The van der Waals surface area contributed by atoms with Crippen molar-refractivity contribution in [2.75, 3.05) is 26.2 Å². The highest BCUT2D eigenvalue weighted by Gasteiger charge is 2.19. The van der Waals surface area contributed by atoms with Crippen molar-refractivity contribution in [3.05, 3.63) is 46.9 Å². The number of hydrogen-bond donors (Lipinski definition) is 0. The maximum Gasteiger partial charge on any atom is 0.280 e. The molecule has 0 saturated heterocycles. The average Bonchev–Trinajstić information content (AvgIpc) is 3.05. The van der Waals surface area contributed by atoms with E-state index in [9.17, 15) is 8.78 Å². The Morgan fingerprint density at radius 2 is 1.77 bits per heavy atom. The van der Waals surface area contributed by atoms with E-state index in [4.69, 9.17) is 9.47 Å². The van der Waals surface area contributed by atoms with E-state index in [1.807, 2.05) is 25.5 Å². The van der Waals surface area contributed by atoms with Gasteiger partial charge in [-0.05, 0) is 45.0 Å². The summed E-state index contributed by atoms with van der Waals surface area (Å²) in [6, 6.07) is 6.48. The maximum atomic E-state index is 13.6. The first kappa shape index (κ1) is 22.5. The van der Waals surface area contributed by atoms with Gasteiger partial charge < -0.3 is 14.4 Å². The van der Waals surface area contributed by atoms with E-state index < -0.39 is 6.43 Å². The van der Waals surface area contributed by atoms with Gasteiger partial charge in [-0.2, -0.15) is 5.10 Å². The number of ether oxygens (including phenoxy) is 2. The molecule has 0 fully saturated rings. The zero-order valence-electron chi connectivity index (χ0n) is 18.6. The Kier molecular flexibility index (Phi) is 6.72. The lowest BCUT2D eigenvalue weighted by atomic mass is 10.1. The molecular weight excluding hydrogens is 404 g/mol. The van der Waals surface area contributed by atoms with Gasteiger partial charge in [0.25, 0.3) is 6.43 Å². The topological polar surface area (TPSA) is 65.3 Å². The number of benzene rings is 1. The third-order valence-electron chi connectivity index (χ3n) is 5.20. The molecule has 0 radical (unpaired) electrons. The second kappa shape index (κ2) is 9.28. The van der Waals surface area contributed by atoms with E-state index in [1.165, 1.54) is 20.3 Å². The van der Waals surface area contributed by atoms with Crippen LogP contribution in [0, 0.1) is 13.8 Å². The molecule has 0 aliphatic heterocycles. The van der Waals surface area contributed by atoms with Gasteiger partial charge in [0.05, 0.1) is 25.6 Å². The molecule has 0 bridgehead atoms. The lowest BCUT2D eigenvalue weighted by Gasteiger charge is -2.19. The highest BCUT2D eigenvalue weighted by molar-refractivity contribution is 5.65. The van der Waals surface area contributed by atoms with Crippen molar-refractivity contribution in [2.24, 2.45) is 0 Å². The molecule has 0 unspecified atom stereocenters. The molecule has 0 aliphatic carbocycles. The van der Waals surface area contributed by atoms with Gasteiger partial charge in [0.1, 0.15) is 5.69 Å². The number of hydrogen-bond acceptors (Lipinski definition) is 6. The molecule has 0 amide bonds. The number of nitrogens with zero attached hydrogens (tertiary/aromatic N) is 5. The smallest absolute Gasteiger partial charge is 0.280 e. The second-order valence-electron chi connectivity index (χ2n) is 7.17. The summed E-state index contributed by atoms with van der Waals surface area (Å²) in [5, 5.41) is 4.53. The zero-order chi connectivity index (χ0) is 22.7. The summed E-state index contributed by atoms with van der Waals surface area (Å²) < 4.78 is 39.7. The van der Waals surface area contributed by atoms with Crippen LogP contribution < -0.4 is 14.4 Å². The molecule has 9 heteroatoms. The molecule has 2 heterocycles. The molecule has 3 aromatic rings. The molecule has 0 atom stereocenters. The van der Waals surface area contributed by atoms with Gasteiger partial charge in [0, 0.05) is 37.0 Å². The van der Waals surface area contributed by atoms with Crippen LogP contribution in [0.2, 0.25) is 0 Å². The molecule has 0 N–H and O–H groups in total. The van der Waals surface area contributed by atoms with Crippen LogP contribution in [0.25, 0.3) is 11.3 Å². The van der Waals surface area contributed by atoms with Crippen molar-refractivity contribution in [1.29, 1.82) is 0 Å².